The predicted octanol–water partition coefficient (Wildman–Crippen LogP) is 2.61. The Morgan fingerprint density at radius 1 is 1.59 bits per heavy atom. The maximum absolute atomic E-state index is 5.63. The summed E-state index contributed by atoms with van der Waals surface area (Å²) >= 11 is 0. The van der Waals surface area contributed by atoms with Crippen LogP contribution in [0.25, 0.3) is 0 Å². The van der Waals surface area contributed by atoms with E-state index in [1.165, 1.54) is 0 Å². The third-order valence-corrected chi connectivity index (χ3v) is 3.21. The van der Waals surface area contributed by atoms with Gasteiger partial charge in [-0.25, -0.2) is 4.98 Å². The monoisotopic (exact) mass is 237 g/mol. The molecule has 0 amide bonds. The molecule has 0 spiro atoms. The Labute approximate surface area is 103 Å². The van der Waals surface area contributed by atoms with Gasteiger partial charge in [0, 0.05) is 19.3 Å². The van der Waals surface area contributed by atoms with Crippen LogP contribution in [0.5, 0.6) is 0 Å². The Bertz CT molecular complexity index is 373. The molecule has 1 aromatic heterocycles. The van der Waals surface area contributed by atoms with Gasteiger partial charge in [0.05, 0.1) is 17.8 Å². The van der Waals surface area contributed by atoms with Crippen LogP contribution in [0.15, 0.2) is 6.20 Å². The first-order chi connectivity index (χ1) is 8.08. The van der Waals surface area contributed by atoms with Gasteiger partial charge >= 0.3 is 0 Å². The molecule has 2 heterocycles. The lowest BCUT2D eigenvalue weighted by Crippen LogP contribution is -2.20. The summed E-state index contributed by atoms with van der Waals surface area (Å²) in [6.45, 7) is 10.4. The van der Waals surface area contributed by atoms with Crippen molar-refractivity contribution in [3.05, 3.63) is 11.9 Å². The molecule has 2 rings (SSSR count). The molecule has 2 unspecified atom stereocenters. The molecule has 1 N–H and O–H groups in total. The molecule has 4 heteroatoms. The maximum Gasteiger partial charge on any atom is 0.203 e. The summed E-state index contributed by atoms with van der Waals surface area (Å²) in [4.78, 5) is 4.56. The number of hydrogen-bond acceptors (Lipinski definition) is 3. The Hall–Kier alpha value is -1.03. The van der Waals surface area contributed by atoms with Crippen molar-refractivity contribution in [2.45, 2.75) is 46.3 Å². The van der Waals surface area contributed by atoms with E-state index in [4.69, 9.17) is 4.74 Å². The maximum atomic E-state index is 5.63. The molecule has 1 fully saturated rings. The van der Waals surface area contributed by atoms with Gasteiger partial charge in [-0.2, -0.15) is 0 Å². The second kappa shape index (κ2) is 5.08. The molecular weight excluding hydrogens is 214 g/mol. The number of ether oxygens (including phenoxy) is 1. The predicted molar refractivity (Wildman–Crippen MR) is 69.4 cm³/mol. The van der Waals surface area contributed by atoms with Crippen LogP contribution in [0.2, 0.25) is 0 Å². The Kier molecular flexibility index (Phi) is 3.72. The van der Waals surface area contributed by atoms with Crippen LogP contribution < -0.4 is 5.32 Å². The van der Waals surface area contributed by atoms with Gasteiger partial charge in [0.2, 0.25) is 5.95 Å². The van der Waals surface area contributed by atoms with Crippen molar-refractivity contribution in [1.29, 1.82) is 0 Å². The number of aromatic nitrogens is 2. The quantitative estimate of drug-likeness (QED) is 0.875. The van der Waals surface area contributed by atoms with Gasteiger partial charge in [-0.3, -0.25) is 0 Å². The lowest BCUT2D eigenvalue weighted by atomic mass is 10.1. The Morgan fingerprint density at radius 2 is 2.35 bits per heavy atom. The van der Waals surface area contributed by atoms with Crippen LogP contribution in [0.4, 0.5) is 5.95 Å². The van der Waals surface area contributed by atoms with Crippen molar-refractivity contribution in [2.75, 3.05) is 18.5 Å². The molecule has 0 aromatic carbocycles. The molecule has 17 heavy (non-hydrogen) atoms. The first kappa shape index (κ1) is 12.4. The standard InChI is InChI=1S/C13H23N3O/c1-9(2)7-14-13-15-10(3)8-16(13)12-5-6-17-11(12)4/h8-9,11-12H,5-7H2,1-4H3,(H,14,15). The molecular formula is C13H23N3O. The number of imidazole rings is 1. The van der Waals surface area contributed by atoms with Crippen molar-refractivity contribution < 1.29 is 4.74 Å². The number of nitrogens with zero attached hydrogens (tertiary/aromatic N) is 2. The van der Waals surface area contributed by atoms with Crippen LogP contribution in [-0.4, -0.2) is 28.8 Å². The molecule has 0 bridgehead atoms. The first-order valence-electron chi connectivity index (χ1n) is 6.49. The summed E-state index contributed by atoms with van der Waals surface area (Å²) in [7, 11) is 0. The van der Waals surface area contributed by atoms with Crippen LogP contribution in [0.3, 0.4) is 0 Å². The minimum atomic E-state index is 0.281. The van der Waals surface area contributed by atoms with Gasteiger partial charge in [0.25, 0.3) is 0 Å². The molecule has 2 atom stereocenters. The minimum absolute atomic E-state index is 0.281. The van der Waals surface area contributed by atoms with Gasteiger partial charge in [-0.05, 0) is 26.2 Å². The molecule has 0 aliphatic carbocycles. The van der Waals surface area contributed by atoms with E-state index >= 15 is 0 Å². The van der Waals surface area contributed by atoms with Gasteiger partial charge in [0.1, 0.15) is 0 Å². The largest absolute Gasteiger partial charge is 0.376 e. The molecule has 1 aromatic rings. The molecule has 4 nitrogen and oxygen atoms in total. The van der Waals surface area contributed by atoms with Gasteiger partial charge in [-0.1, -0.05) is 13.8 Å². The second-order valence-electron chi connectivity index (χ2n) is 5.32. The lowest BCUT2D eigenvalue weighted by Gasteiger charge is -2.19. The summed E-state index contributed by atoms with van der Waals surface area (Å²) in [5, 5.41) is 3.43. The smallest absolute Gasteiger partial charge is 0.203 e. The zero-order valence-electron chi connectivity index (χ0n) is 11.2. The first-order valence-corrected chi connectivity index (χ1v) is 6.49. The summed E-state index contributed by atoms with van der Waals surface area (Å²) in [6, 6.07) is 0.422. The highest BCUT2D eigenvalue weighted by Crippen LogP contribution is 2.29. The van der Waals surface area contributed by atoms with Crippen molar-refractivity contribution in [3.8, 4) is 0 Å². The lowest BCUT2D eigenvalue weighted by molar-refractivity contribution is 0.108. The van der Waals surface area contributed by atoms with E-state index in [9.17, 15) is 0 Å². The SMILES string of the molecule is Cc1cn(C2CCOC2C)c(NCC(C)C)n1. The van der Waals surface area contributed by atoms with Crippen LogP contribution in [-0.2, 0) is 4.74 Å². The van der Waals surface area contributed by atoms with Gasteiger partial charge in [-0.15, -0.1) is 0 Å². The molecule has 1 saturated heterocycles. The topological polar surface area (TPSA) is 39.1 Å². The van der Waals surface area contributed by atoms with E-state index in [-0.39, 0.29) is 6.10 Å². The highest BCUT2D eigenvalue weighted by Gasteiger charge is 2.27. The third kappa shape index (κ3) is 2.80. The van der Waals surface area contributed by atoms with Crippen LogP contribution >= 0.6 is 0 Å². The van der Waals surface area contributed by atoms with Crippen molar-refractivity contribution >= 4 is 5.95 Å². The van der Waals surface area contributed by atoms with Crippen molar-refractivity contribution in [1.82, 2.24) is 9.55 Å². The fraction of sp³-hybridized carbons (Fsp3) is 0.769. The third-order valence-electron chi connectivity index (χ3n) is 3.21. The van der Waals surface area contributed by atoms with Crippen molar-refractivity contribution in [2.24, 2.45) is 5.92 Å². The fourth-order valence-corrected chi connectivity index (χ4v) is 2.28. The molecule has 1 aliphatic heterocycles. The zero-order chi connectivity index (χ0) is 12.4. The van der Waals surface area contributed by atoms with E-state index in [2.05, 4.69) is 41.8 Å². The normalized spacial score (nSPS) is 24.5. The van der Waals surface area contributed by atoms with Crippen LogP contribution in [0, 0.1) is 12.8 Å². The Balaban J connectivity index is 2.15. The number of hydrogen-bond donors (Lipinski definition) is 1. The number of rotatable bonds is 4. The average molecular weight is 237 g/mol. The number of nitrogens with one attached hydrogen (secondary N) is 1. The average Bonchev–Trinajstić information content (AvgIpc) is 2.81. The molecule has 96 valence electrons. The van der Waals surface area contributed by atoms with E-state index in [0.29, 0.717) is 12.0 Å². The van der Waals surface area contributed by atoms with E-state index in [1.54, 1.807) is 0 Å². The number of aryl methyl sites for hydroxylation is 1. The highest BCUT2D eigenvalue weighted by atomic mass is 16.5. The molecule has 1 aliphatic rings. The second-order valence-corrected chi connectivity index (χ2v) is 5.32. The summed E-state index contributed by atoms with van der Waals surface area (Å²) < 4.78 is 7.88. The minimum Gasteiger partial charge on any atom is -0.376 e. The van der Waals surface area contributed by atoms with Gasteiger partial charge in [0.15, 0.2) is 0 Å². The molecule has 0 saturated carbocycles. The summed E-state index contributed by atoms with van der Waals surface area (Å²) in [5.41, 5.74) is 1.07. The summed E-state index contributed by atoms with van der Waals surface area (Å²) in [5.74, 6) is 1.61. The zero-order valence-corrected chi connectivity index (χ0v) is 11.2. The van der Waals surface area contributed by atoms with Gasteiger partial charge < -0.3 is 14.6 Å². The number of anilines is 1. The fourth-order valence-electron chi connectivity index (χ4n) is 2.28. The molecule has 0 radical (unpaired) electrons. The van der Waals surface area contributed by atoms with Crippen molar-refractivity contribution in [3.63, 3.8) is 0 Å². The summed E-state index contributed by atoms with van der Waals surface area (Å²) in [6.07, 6.45) is 3.48. The van der Waals surface area contributed by atoms with E-state index in [1.807, 2.05) is 6.92 Å². The Morgan fingerprint density at radius 3 is 2.94 bits per heavy atom. The highest BCUT2D eigenvalue weighted by molar-refractivity contribution is 5.30. The van der Waals surface area contributed by atoms with E-state index in [0.717, 1.165) is 31.2 Å². The van der Waals surface area contributed by atoms with Crippen LogP contribution in [0.1, 0.15) is 38.9 Å². The van der Waals surface area contributed by atoms with E-state index < -0.39 is 0 Å².